The van der Waals surface area contributed by atoms with Gasteiger partial charge >= 0.3 is 216 Å². The SMILES string of the molecule is O=P(O)(O)O.O=P(O)(O)O.O=P(O)(O)O.O=P(O)(O)O.O=P(O)(O)O.O=P(O)(O)O.[Mo].[O]=[W](=[O])[O-].[O]=[W](=[O])[O-].[O]=[W](=[O])[O-].[O]=[W](=[O])[O-].[O]=[W](=[O])[O-].[O]=[W](=[O])[O-]. The van der Waals surface area contributed by atoms with Gasteiger partial charge in [-0.1, -0.05) is 0 Å². The van der Waals surface area contributed by atoms with Gasteiger partial charge in [-0.15, -0.1) is 0 Å². The summed E-state index contributed by atoms with van der Waals surface area (Å²) >= 11 is -25.7. The summed E-state index contributed by atoms with van der Waals surface area (Å²) in [5.41, 5.74) is 0. The topological polar surface area (TPSA) is 810 Å². The third-order valence-electron chi connectivity index (χ3n) is 0. The van der Waals surface area contributed by atoms with Crippen LogP contribution in [-0.2, 0) is 195 Å². The molecule has 0 saturated heterocycles. The average molecular weight is 2070 g/mol. The molecule has 42 nitrogen and oxygen atoms in total. The molecule has 55 heavy (non-hydrogen) atoms. The van der Waals surface area contributed by atoms with E-state index in [4.69, 9.17) is 179 Å². The molecule has 0 atom stereocenters. The predicted molar refractivity (Wildman–Crippen MR) is 93.8 cm³/mol. The number of phosphoric acid groups is 6. The van der Waals surface area contributed by atoms with Crippen LogP contribution in [0.4, 0.5) is 0 Å². The van der Waals surface area contributed by atoms with Gasteiger partial charge in [0.05, 0.1) is 0 Å². The summed E-state index contributed by atoms with van der Waals surface area (Å²) in [6, 6.07) is 0. The van der Waals surface area contributed by atoms with Gasteiger partial charge in [-0.3, -0.25) is 0 Å². The molecule has 0 fully saturated rings. The van der Waals surface area contributed by atoms with Crippen LogP contribution in [0.2, 0.25) is 0 Å². The Kier molecular flexibility index (Phi) is 92.7. The maximum absolute atomic E-state index is 8.88. The second kappa shape index (κ2) is 54.9. The summed E-state index contributed by atoms with van der Waals surface area (Å²) in [7, 11) is -27.8. The molecule has 0 aromatic heterocycles. The van der Waals surface area contributed by atoms with E-state index in [0.29, 0.717) is 0 Å². The molecule has 0 radical (unpaired) electrons. The zero-order valence-corrected chi connectivity index (χ0v) is 48.4. The molecule has 0 aromatic rings. The molecule has 348 valence electrons. The van der Waals surface area contributed by atoms with Crippen LogP contribution in [0.3, 0.4) is 0 Å². The summed E-state index contributed by atoms with van der Waals surface area (Å²) < 4.78 is 208. The Morgan fingerprint density at radius 2 is 0.218 bits per heavy atom. The Bertz CT molecular complexity index is 1180. The zero-order chi connectivity index (χ0) is 48.5. The fourth-order valence-electron chi connectivity index (χ4n) is 0. The fourth-order valence-corrected chi connectivity index (χ4v) is 0. The molecule has 0 aliphatic rings. The molecular formula is H18MoO42P6W6-6. The first kappa shape index (κ1) is 92.9. The van der Waals surface area contributed by atoms with Crippen molar-refractivity contribution in [2.45, 2.75) is 0 Å². The first-order valence-corrected chi connectivity index (χ1v) is 38.6. The first-order chi connectivity index (χ1) is 22.4. The van der Waals surface area contributed by atoms with Crippen molar-refractivity contribution in [1.29, 1.82) is 0 Å². The van der Waals surface area contributed by atoms with Crippen LogP contribution in [0.1, 0.15) is 0 Å². The van der Waals surface area contributed by atoms with Crippen molar-refractivity contribution in [2.75, 3.05) is 0 Å². The van der Waals surface area contributed by atoms with Crippen LogP contribution in [-0.4, -0.2) is 88.1 Å². The van der Waals surface area contributed by atoms with Gasteiger partial charge in [-0.2, -0.15) is 0 Å². The summed E-state index contributed by atoms with van der Waals surface area (Å²) in [5, 5.41) is 0. The van der Waals surface area contributed by atoms with E-state index in [-0.39, 0.29) is 21.1 Å². The van der Waals surface area contributed by atoms with Crippen LogP contribution < -0.4 is 22.6 Å². The van der Waals surface area contributed by atoms with Crippen LogP contribution >= 0.6 is 46.9 Å². The zero-order valence-electron chi connectivity index (χ0n) is 23.4. The third kappa shape index (κ3) is 21200. The minimum atomic E-state index is -4.64. The van der Waals surface area contributed by atoms with E-state index < -0.39 is 153 Å². The third-order valence-corrected chi connectivity index (χ3v) is 0. The quantitative estimate of drug-likeness (QED) is 0.0791. The number of hydrogen-bond donors (Lipinski definition) is 18. The van der Waals surface area contributed by atoms with E-state index >= 15 is 0 Å². The van der Waals surface area contributed by atoms with Crippen LogP contribution in [0.25, 0.3) is 0 Å². The number of rotatable bonds is 0. The molecule has 0 rings (SSSR count). The Morgan fingerprint density at radius 1 is 0.218 bits per heavy atom. The predicted octanol–water partition coefficient (Wildman–Crippen LogP) is -14.1. The van der Waals surface area contributed by atoms with Gasteiger partial charge < -0.3 is 88.1 Å². The molecule has 0 aliphatic carbocycles. The van der Waals surface area contributed by atoms with Crippen molar-refractivity contribution in [3.63, 3.8) is 0 Å². The summed E-state index contributed by atoms with van der Waals surface area (Å²) in [6.45, 7) is 0. The molecule has 0 saturated carbocycles. The molecule has 0 aliphatic heterocycles. The molecule has 0 unspecified atom stereocenters. The second-order valence-corrected chi connectivity index (χ2v) is 19.3. The standard InChI is InChI=1S/Mo.6H3O4P.18O.6W/c;6*1-5(2,3)4;;;;;;;;;;;;;;;;;;;;;;;;/h;6*(H3,1,2,3,4);;;;;;;;;;;;;;;;;;;;;;;;/q;;;;;;;;;;;;;;;;;;;6*-1;;;;;;. The van der Waals surface area contributed by atoms with Gasteiger partial charge in [-0.25, -0.2) is 27.4 Å². The molecular weight excluding hydrogens is 2060 g/mol. The Balaban J connectivity index is -0.0000000318. The van der Waals surface area contributed by atoms with Gasteiger partial charge in [0.1, 0.15) is 0 Å². The monoisotopic (exact) mass is 2080 g/mol. The average Bonchev–Trinajstić information content (AvgIpc) is 2.55. The van der Waals surface area contributed by atoms with Crippen molar-refractivity contribution in [3.8, 4) is 0 Å². The van der Waals surface area contributed by atoms with Gasteiger partial charge in [0.2, 0.25) is 0 Å². The molecule has 0 amide bonds. The molecule has 55 heteroatoms. The van der Waals surface area contributed by atoms with Crippen LogP contribution in [0.15, 0.2) is 0 Å². The molecule has 0 heterocycles. The Morgan fingerprint density at radius 3 is 0.218 bits per heavy atom. The van der Waals surface area contributed by atoms with Crippen LogP contribution in [0.5, 0.6) is 0 Å². The van der Waals surface area contributed by atoms with E-state index in [1.54, 1.807) is 0 Å². The molecule has 0 aromatic carbocycles. The second-order valence-electron chi connectivity index (χ2n) is 4.30. The van der Waals surface area contributed by atoms with Gasteiger partial charge in [-0.05, 0) is 0 Å². The summed E-state index contributed by atoms with van der Waals surface area (Å²) in [5.74, 6) is 0. The summed E-state index contributed by atoms with van der Waals surface area (Å²) in [6.07, 6.45) is 0. The maximum atomic E-state index is 8.88. The normalized spacial score (nSPS) is 9.16. The van der Waals surface area contributed by atoms with Crippen molar-refractivity contribution < 1.29 is 306 Å². The number of hydrogen-bond acceptors (Lipinski definition) is 24. The van der Waals surface area contributed by atoms with Crippen molar-refractivity contribution in [3.05, 3.63) is 0 Å². The minimum absolute atomic E-state index is 0. The molecule has 18 N–H and O–H groups in total. The van der Waals surface area contributed by atoms with Gasteiger partial charge in [0, 0.05) is 21.1 Å². The van der Waals surface area contributed by atoms with E-state index in [1.807, 2.05) is 0 Å². The summed E-state index contributed by atoms with van der Waals surface area (Å²) in [4.78, 5) is 129. The van der Waals surface area contributed by atoms with E-state index in [9.17, 15) is 0 Å². The van der Waals surface area contributed by atoms with E-state index in [0.717, 1.165) is 0 Å². The molecule has 0 spiro atoms. The van der Waals surface area contributed by atoms with Gasteiger partial charge in [0.15, 0.2) is 0 Å². The van der Waals surface area contributed by atoms with Crippen LogP contribution in [0, 0.1) is 0 Å². The Hall–Kier alpha value is 2.84. The Labute approximate surface area is 348 Å². The molecule has 0 bridgehead atoms. The fraction of sp³-hybridized carbons (Fsp3) is 0. The van der Waals surface area contributed by atoms with Gasteiger partial charge in [0.25, 0.3) is 0 Å². The van der Waals surface area contributed by atoms with E-state index in [2.05, 4.69) is 0 Å². The van der Waals surface area contributed by atoms with Crippen molar-refractivity contribution in [2.24, 2.45) is 0 Å². The van der Waals surface area contributed by atoms with Crippen molar-refractivity contribution >= 4 is 46.9 Å². The van der Waals surface area contributed by atoms with Crippen molar-refractivity contribution in [1.82, 2.24) is 0 Å². The first-order valence-electron chi connectivity index (χ1n) is 7.70. The van der Waals surface area contributed by atoms with E-state index in [1.165, 1.54) is 0 Å².